The number of methoxy groups -OCH3 is 1. The van der Waals surface area contributed by atoms with Gasteiger partial charge < -0.3 is 14.7 Å². The average Bonchev–Trinajstić information content (AvgIpc) is 2.41. The van der Waals surface area contributed by atoms with Crippen molar-refractivity contribution in [2.45, 2.75) is 31.9 Å². The molecule has 0 bridgehead atoms. The maximum absolute atomic E-state index is 8.64. The van der Waals surface area contributed by atoms with Crippen LogP contribution in [0.4, 0.5) is 0 Å². The predicted molar refractivity (Wildman–Crippen MR) is 72.3 cm³/mol. The molecule has 19 heavy (non-hydrogen) atoms. The largest absolute Gasteiger partial charge is 0.497 e. The Bertz CT molecular complexity index is 455. The summed E-state index contributed by atoms with van der Waals surface area (Å²) in [6.07, 6.45) is 2.12. The summed E-state index contributed by atoms with van der Waals surface area (Å²) < 4.78 is 10.9. The maximum atomic E-state index is 8.64. The van der Waals surface area contributed by atoms with Crippen LogP contribution < -0.4 is 15.0 Å². The molecule has 0 spiro atoms. The monoisotopic (exact) mass is 261 g/mol. The van der Waals surface area contributed by atoms with Gasteiger partial charge in [-0.25, -0.2) is 0 Å². The first-order valence-electron chi connectivity index (χ1n) is 6.42. The standard InChI is InChI=1S/C15H19NO3/c1-11(16-17)3-4-12-9-15(10-12)19-14-7-5-13(18-2)6-8-14/h5-8,11-12,15-17H,9-10H2,1-2H3. The molecule has 0 saturated heterocycles. The Hall–Kier alpha value is -1.70. The van der Waals surface area contributed by atoms with Crippen molar-refractivity contribution in [1.82, 2.24) is 5.48 Å². The maximum Gasteiger partial charge on any atom is 0.119 e. The Morgan fingerprint density at radius 3 is 2.47 bits per heavy atom. The highest BCUT2D eigenvalue weighted by atomic mass is 16.5. The minimum absolute atomic E-state index is 0.179. The summed E-state index contributed by atoms with van der Waals surface area (Å²) in [6, 6.07) is 7.42. The first-order chi connectivity index (χ1) is 9.21. The minimum Gasteiger partial charge on any atom is -0.497 e. The molecule has 1 saturated carbocycles. The molecule has 1 fully saturated rings. The molecule has 1 aliphatic rings. The number of ether oxygens (including phenoxy) is 2. The van der Waals surface area contributed by atoms with Gasteiger partial charge in [0.25, 0.3) is 0 Å². The van der Waals surface area contributed by atoms with E-state index in [9.17, 15) is 0 Å². The normalized spacial score (nSPS) is 22.7. The highest BCUT2D eigenvalue weighted by molar-refractivity contribution is 5.31. The van der Waals surface area contributed by atoms with Crippen LogP contribution in [0.5, 0.6) is 11.5 Å². The van der Waals surface area contributed by atoms with E-state index in [-0.39, 0.29) is 12.1 Å². The molecule has 4 heteroatoms. The molecule has 2 rings (SSSR count). The van der Waals surface area contributed by atoms with Crippen LogP contribution in [0.1, 0.15) is 19.8 Å². The van der Waals surface area contributed by atoms with E-state index in [0.717, 1.165) is 24.3 Å². The van der Waals surface area contributed by atoms with E-state index in [1.807, 2.05) is 31.2 Å². The third-order valence-electron chi connectivity index (χ3n) is 3.15. The summed E-state index contributed by atoms with van der Waals surface area (Å²) >= 11 is 0. The summed E-state index contributed by atoms with van der Waals surface area (Å²) in [6.45, 7) is 1.82. The number of rotatable bonds is 4. The summed E-state index contributed by atoms with van der Waals surface area (Å²) in [7, 11) is 1.65. The zero-order chi connectivity index (χ0) is 13.7. The molecule has 1 atom stereocenters. The van der Waals surface area contributed by atoms with E-state index in [1.54, 1.807) is 7.11 Å². The van der Waals surface area contributed by atoms with Crippen LogP contribution in [-0.2, 0) is 0 Å². The van der Waals surface area contributed by atoms with E-state index < -0.39 is 0 Å². The first kappa shape index (κ1) is 13.7. The molecule has 0 amide bonds. The number of hydrogen-bond acceptors (Lipinski definition) is 4. The van der Waals surface area contributed by atoms with Crippen LogP contribution in [0.25, 0.3) is 0 Å². The minimum atomic E-state index is -0.179. The fraction of sp³-hybridized carbons (Fsp3) is 0.467. The number of benzene rings is 1. The Labute approximate surface area is 113 Å². The second-order valence-corrected chi connectivity index (χ2v) is 4.72. The van der Waals surface area contributed by atoms with Crippen LogP contribution in [0.3, 0.4) is 0 Å². The van der Waals surface area contributed by atoms with Gasteiger partial charge in [-0.1, -0.05) is 11.8 Å². The summed E-state index contributed by atoms with van der Waals surface area (Å²) in [5, 5.41) is 8.64. The van der Waals surface area contributed by atoms with Gasteiger partial charge in [0.05, 0.1) is 13.2 Å². The molecular weight excluding hydrogens is 242 g/mol. The molecule has 4 nitrogen and oxygen atoms in total. The molecule has 1 aliphatic carbocycles. The third kappa shape index (κ3) is 3.88. The van der Waals surface area contributed by atoms with Crippen LogP contribution >= 0.6 is 0 Å². The van der Waals surface area contributed by atoms with E-state index in [2.05, 4.69) is 17.3 Å². The molecule has 0 radical (unpaired) electrons. The third-order valence-corrected chi connectivity index (χ3v) is 3.15. The lowest BCUT2D eigenvalue weighted by Crippen LogP contribution is -2.33. The SMILES string of the molecule is COc1ccc(OC2CC(C#CC(C)NO)C2)cc1. The smallest absolute Gasteiger partial charge is 0.119 e. The van der Waals surface area contributed by atoms with Crippen molar-refractivity contribution in [1.29, 1.82) is 0 Å². The lowest BCUT2D eigenvalue weighted by molar-refractivity contribution is 0.0899. The fourth-order valence-electron chi connectivity index (χ4n) is 1.90. The van der Waals surface area contributed by atoms with Crippen molar-refractivity contribution in [2.75, 3.05) is 7.11 Å². The van der Waals surface area contributed by atoms with Crippen molar-refractivity contribution in [3.05, 3.63) is 24.3 Å². The molecule has 0 aliphatic heterocycles. The van der Waals surface area contributed by atoms with Gasteiger partial charge in [-0.05, 0) is 44.0 Å². The Kier molecular flexibility index (Phi) is 4.67. The van der Waals surface area contributed by atoms with Gasteiger partial charge in [0.15, 0.2) is 0 Å². The second-order valence-electron chi connectivity index (χ2n) is 4.72. The number of hydroxylamine groups is 1. The topological polar surface area (TPSA) is 50.7 Å². The molecular formula is C15H19NO3. The van der Waals surface area contributed by atoms with Gasteiger partial charge >= 0.3 is 0 Å². The summed E-state index contributed by atoms with van der Waals surface area (Å²) in [5.74, 6) is 8.15. The molecule has 0 aromatic heterocycles. The Morgan fingerprint density at radius 1 is 1.26 bits per heavy atom. The van der Waals surface area contributed by atoms with Crippen molar-refractivity contribution in [2.24, 2.45) is 5.92 Å². The van der Waals surface area contributed by atoms with Gasteiger partial charge in [-0.15, -0.1) is 0 Å². The van der Waals surface area contributed by atoms with Crippen molar-refractivity contribution < 1.29 is 14.7 Å². The zero-order valence-electron chi connectivity index (χ0n) is 11.2. The lowest BCUT2D eigenvalue weighted by Gasteiger charge is -2.32. The molecule has 0 heterocycles. The van der Waals surface area contributed by atoms with Gasteiger partial charge in [-0.3, -0.25) is 0 Å². The van der Waals surface area contributed by atoms with Crippen LogP contribution in [0.15, 0.2) is 24.3 Å². The highest BCUT2D eigenvalue weighted by Crippen LogP contribution is 2.31. The second kappa shape index (κ2) is 6.46. The van der Waals surface area contributed by atoms with E-state index in [1.165, 1.54) is 0 Å². The van der Waals surface area contributed by atoms with E-state index in [4.69, 9.17) is 14.7 Å². The van der Waals surface area contributed by atoms with Crippen LogP contribution in [-0.4, -0.2) is 24.5 Å². The van der Waals surface area contributed by atoms with Gasteiger partial charge in [-0.2, -0.15) is 5.48 Å². The summed E-state index contributed by atoms with van der Waals surface area (Å²) in [4.78, 5) is 0. The number of nitrogens with one attached hydrogen (secondary N) is 1. The Balaban J connectivity index is 1.76. The molecule has 1 aromatic rings. The van der Waals surface area contributed by atoms with Crippen molar-refractivity contribution in [3.8, 4) is 23.3 Å². The van der Waals surface area contributed by atoms with Gasteiger partial charge in [0.2, 0.25) is 0 Å². The quantitative estimate of drug-likeness (QED) is 0.644. The van der Waals surface area contributed by atoms with Crippen LogP contribution in [0, 0.1) is 17.8 Å². The number of hydrogen-bond donors (Lipinski definition) is 2. The highest BCUT2D eigenvalue weighted by Gasteiger charge is 2.29. The first-order valence-corrected chi connectivity index (χ1v) is 6.42. The summed E-state index contributed by atoms with van der Waals surface area (Å²) in [5.41, 5.74) is 2.11. The van der Waals surface area contributed by atoms with Crippen molar-refractivity contribution in [3.63, 3.8) is 0 Å². The Morgan fingerprint density at radius 2 is 1.89 bits per heavy atom. The van der Waals surface area contributed by atoms with E-state index >= 15 is 0 Å². The molecule has 2 N–H and O–H groups in total. The lowest BCUT2D eigenvalue weighted by atomic mass is 9.82. The zero-order valence-corrected chi connectivity index (χ0v) is 11.2. The molecule has 1 unspecified atom stereocenters. The van der Waals surface area contributed by atoms with Gasteiger partial charge in [0.1, 0.15) is 17.6 Å². The van der Waals surface area contributed by atoms with Gasteiger partial charge in [0, 0.05) is 5.92 Å². The average molecular weight is 261 g/mol. The van der Waals surface area contributed by atoms with Crippen molar-refractivity contribution >= 4 is 0 Å². The van der Waals surface area contributed by atoms with E-state index in [0.29, 0.717) is 5.92 Å². The molecule has 102 valence electrons. The van der Waals surface area contributed by atoms with Crippen LogP contribution in [0.2, 0.25) is 0 Å². The molecule has 1 aromatic carbocycles. The fourth-order valence-corrected chi connectivity index (χ4v) is 1.90. The predicted octanol–water partition coefficient (Wildman–Crippen LogP) is 2.22.